The van der Waals surface area contributed by atoms with Crippen LogP contribution in [0.4, 0.5) is 11.4 Å². The van der Waals surface area contributed by atoms with Gasteiger partial charge < -0.3 is 5.32 Å². The Hall–Kier alpha value is -3.98. The number of benzene rings is 3. The Balaban J connectivity index is 1.61. The maximum Gasteiger partial charge on any atom is 0.269 e. The molecule has 1 amide bonds. The number of carbonyl (C=O) groups is 1. The lowest BCUT2D eigenvalue weighted by Crippen LogP contribution is -2.23. The Kier molecular flexibility index (Phi) is 6.50. The number of nitro groups is 1. The number of anilines is 1. The number of non-ortho nitro benzene ring substituents is 1. The second-order valence-corrected chi connectivity index (χ2v) is 8.16. The van der Waals surface area contributed by atoms with Crippen molar-refractivity contribution in [3.8, 4) is 5.69 Å². The first-order valence-corrected chi connectivity index (χ1v) is 11.2. The van der Waals surface area contributed by atoms with Gasteiger partial charge >= 0.3 is 0 Å². The molecular formula is C24H20N4O4S. The number of amides is 1. The van der Waals surface area contributed by atoms with Crippen LogP contribution in [0.15, 0.2) is 82.7 Å². The minimum atomic E-state index is -0.501. The lowest BCUT2D eigenvalue weighted by molar-refractivity contribution is -0.384. The number of hydrogen-bond donors (Lipinski definition) is 1. The number of aryl methyl sites for hydroxylation is 1. The van der Waals surface area contributed by atoms with Gasteiger partial charge in [0.25, 0.3) is 11.2 Å². The van der Waals surface area contributed by atoms with Crippen molar-refractivity contribution in [3.63, 3.8) is 0 Å². The molecule has 0 spiro atoms. The molecule has 0 bridgehead atoms. The number of nitrogens with zero attached hydrogens (tertiary/aromatic N) is 3. The van der Waals surface area contributed by atoms with Crippen LogP contribution in [-0.2, 0) is 11.2 Å². The number of nitro benzene ring substituents is 1. The quantitative estimate of drug-likeness (QED) is 0.187. The summed E-state index contributed by atoms with van der Waals surface area (Å²) >= 11 is 1.15. The van der Waals surface area contributed by atoms with Gasteiger partial charge in [0.15, 0.2) is 5.16 Å². The van der Waals surface area contributed by atoms with Crippen molar-refractivity contribution in [1.82, 2.24) is 9.55 Å². The molecule has 0 unspecified atom stereocenters. The van der Waals surface area contributed by atoms with E-state index in [-0.39, 0.29) is 22.9 Å². The second-order valence-electron chi connectivity index (χ2n) is 7.21. The summed E-state index contributed by atoms with van der Waals surface area (Å²) < 4.78 is 1.52. The molecule has 0 aliphatic carbocycles. The summed E-state index contributed by atoms with van der Waals surface area (Å²) in [6.45, 7) is 2.06. The molecule has 166 valence electrons. The molecule has 33 heavy (non-hydrogen) atoms. The van der Waals surface area contributed by atoms with Crippen LogP contribution in [0.3, 0.4) is 0 Å². The van der Waals surface area contributed by atoms with Crippen LogP contribution in [0.25, 0.3) is 16.6 Å². The standard InChI is InChI=1S/C24H20N4O4S/c1-2-16-7-11-18(12-8-16)27-23(30)20-5-3-4-6-21(20)26-24(27)33-15-22(29)25-17-9-13-19(14-10-17)28(31)32/h3-14H,2,15H2,1H3,(H,25,29). The van der Waals surface area contributed by atoms with Gasteiger partial charge in [-0.2, -0.15) is 0 Å². The first-order valence-electron chi connectivity index (χ1n) is 10.2. The van der Waals surface area contributed by atoms with Gasteiger partial charge in [-0.15, -0.1) is 0 Å². The van der Waals surface area contributed by atoms with Gasteiger partial charge in [-0.25, -0.2) is 4.98 Å². The molecular weight excluding hydrogens is 440 g/mol. The van der Waals surface area contributed by atoms with E-state index >= 15 is 0 Å². The minimum absolute atomic E-state index is 0.00874. The number of aromatic nitrogens is 2. The minimum Gasteiger partial charge on any atom is -0.325 e. The first kappa shape index (κ1) is 22.2. The van der Waals surface area contributed by atoms with Gasteiger partial charge in [0.05, 0.1) is 27.3 Å². The highest BCUT2D eigenvalue weighted by molar-refractivity contribution is 7.99. The smallest absolute Gasteiger partial charge is 0.269 e. The van der Waals surface area contributed by atoms with Crippen LogP contribution in [-0.4, -0.2) is 26.1 Å². The number of thioether (sulfide) groups is 1. The average molecular weight is 461 g/mol. The van der Waals surface area contributed by atoms with Crippen LogP contribution in [0.2, 0.25) is 0 Å². The van der Waals surface area contributed by atoms with E-state index in [1.807, 2.05) is 30.3 Å². The van der Waals surface area contributed by atoms with Crippen molar-refractivity contribution < 1.29 is 9.72 Å². The number of para-hydroxylation sites is 1. The molecule has 0 saturated carbocycles. The summed E-state index contributed by atoms with van der Waals surface area (Å²) in [5.74, 6) is -0.307. The third kappa shape index (κ3) is 4.93. The predicted molar refractivity (Wildman–Crippen MR) is 129 cm³/mol. The van der Waals surface area contributed by atoms with Crippen molar-refractivity contribution >= 4 is 39.9 Å². The van der Waals surface area contributed by atoms with Gasteiger partial charge in [-0.3, -0.25) is 24.3 Å². The highest BCUT2D eigenvalue weighted by atomic mass is 32.2. The fourth-order valence-corrected chi connectivity index (χ4v) is 4.12. The fraction of sp³-hybridized carbons (Fsp3) is 0.125. The lowest BCUT2D eigenvalue weighted by Gasteiger charge is -2.13. The maximum atomic E-state index is 13.3. The Labute approximate surface area is 193 Å². The van der Waals surface area contributed by atoms with Crippen molar-refractivity contribution in [3.05, 3.63) is 98.8 Å². The number of nitrogens with one attached hydrogen (secondary N) is 1. The predicted octanol–water partition coefficient (Wildman–Crippen LogP) is 4.59. The molecule has 0 aliphatic rings. The largest absolute Gasteiger partial charge is 0.325 e. The highest BCUT2D eigenvalue weighted by Crippen LogP contribution is 2.22. The van der Waals surface area contributed by atoms with Gasteiger partial charge in [-0.1, -0.05) is 43.0 Å². The summed E-state index contributed by atoms with van der Waals surface area (Å²) in [5, 5.41) is 14.4. The molecule has 4 aromatic rings. The molecule has 4 rings (SSSR count). The topological polar surface area (TPSA) is 107 Å². The molecule has 1 N–H and O–H groups in total. The van der Waals surface area contributed by atoms with E-state index in [1.165, 1.54) is 28.8 Å². The zero-order valence-electron chi connectivity index (χ0n) is 17.7. The summed E-state index contributed by atoms with van der Waals surface area (Å²) in [7, 11) is 0. The van der Waals surface area contributed by atoms with E-state index in [9.17, 15) is 19.7 Å². The molecule has 0 atom stereocenters. The van der Waals surface area contributed by atoms with Crippen LogP contribution in [0, 0.1) is 10.1 Å². The van der Waals surface area contributed by atoms with Crippen molar-refractivity contribution in [1.29, 1.82) is 0 Å². The van der Waals surface area contributed by atoms with E-state index in [0.29, 0.717) is 27.4 Å². The van der Waals surface area contributed by atoms with Gasteiger partial charge in [0, 0.05) is 17.8 Å². The van der Waals surface area contributed by atoms with E-state index in [2.05, 4.69) is 17.2 Å². The molecule has 0 radical (unpaired) electrons. The third-order valence-electron chi connectivity index (χ3n) is 5.04. The van der Waals surface area contributed by atoms with Crippen LogP contribution in [0.5, 0.6) is 0 Å². The van der Waals surface area contributed by atoms with Gasteiger partial charge in [-0.05, 0) is 48.4 Å². The first-order chi connectivity index (χ1) is 16.0. The monoisotopic (exact) mass is 460 g/mol. The molecule has 0 saturated heterocycles. The van der Waals surface area contributed by atoms with Crippen LogP contribution < -0.4 is 10.9 Å². The zero-order valence-corrected chi connectivity index (χ0v) is 18.5. The summed E-state index contributed by atoms with van der Waals surface area (Å²) in [6, 6.07) is 20.4. The molecule has 1 aromatic heterocycles. The molecule has 9 heteroatoms. The highest BCUT2D eigenvalue weighted by Gasteiger charge is 2.15. The Bertz CT molecular complexity index is 1380. The Morgan fingerprint density at radius 2 is 1.76 bits per heavy atom. The van der Waals surface area contributed by atoms with E-state index in [1.54, 1.807) is 18.2 Å². The third-order valence-corrected chi connectivity index (χ3v) is 5.98. The average Bonchev–Trinajstić information content (AvgIpc) is 2.83. The van der Waals surface area contributed by atoms with Crippen molar-refractivity contribution in [2.24, 2.45) is 0 Å². The van der Waals surface area contributed by atoms with Crippen molar-refractivity contribution in [2.45, 2.75) is 18.5 Å². The maximum absolute atomic E-state index is 13.3. The van der Waals surface area contributed by atoms with Gasteiger partial charge in [0.2, 0.25) is 5.91 Å². The van der Waals surface area contributed by atoms with E-state index < -0.39 is 4.92 Å². The Morgan fingerprint density at radius 3 is 2.42 bits per heavy atom. The van der Waals surface area contributed by atoms with E-state index in [0.717, 1.165) is 23.7 Å². The summed E-state index contributed by atoms with van der Waals surface area (Å²) in [5.41, 5.74) is 2.57. The molecule has 8 nitrogen and oxygen atoms in total. The number of carbonyl (C=O) groups excluding carboxylic acids is 1. The number of rotatable bonds is 7. The van der Waals surface area contributed by atoms with E-state index in [4.69, 9.17) is 0 Å². The fourth-order valence-electron chi connectivity index (χ4n) is 3.31. The molecule has 1 heterocycles. The molecule has 0 fully saturated rings. The molecule has 3 aromatic carbocycles. The number of fused-ring (bicyclic) bond motifs is 1. The van der Waals surface area contributed by atoms with Crippen LogP contribution in [0.1, 0.15) is 12.5 Å². The van der Waals surface area contributed by atoms with Gasteiger partial charge in [0.1, 0.15) is 0 Å². The zero-order chi connectivity index (χ0) is 23.4. The second kappa shape index (κ2) is 9.66. The Morgan fingerprint density at radius 1 is 1.06 bits per heavy atom. The molecule has 0 aliphatic heterocycles. The SMILES string of the molecule is CCc1ccc(-n2c(SCC(=O)Nc3ccc([N+](=O)[O-])cc3)nc3ccccc3c2=O)cc1. The summed E-state index contributed by atoms with van der Waals surface area (Å²) in [4.78, 5) is 40.7. The lowest BCUT2D eigenvalue weighted by atomic mass is 10.1. The normalized spacial score (nSPS) is 10.8. The van der Waals surface area contributed by atoms with Crippen molar-refractivity contribution in [2.75, 3.05) is 11.1 Å². The van der Waals surface area contributed by atoms with Crippen LogP contribution >= 0.6 is 11.8 Å². The summed E-state index contributed by atoms with van der Waals surface area (Å²) in [6.07, 6.45) is 0.884. The number of hydrogen-bond acceptors (Lipinski definition) is 6.